The van der Waals surface area contributed by atoms with E-state index in [9.17, 15) is 0 Å². The van der Waals surface area contributed by atoms with E-state index in [0.29, 0.717) is 0 Å². The summed E-state index contributed by atoms with van der Waals surface area (Å²) in [5.74, 6) is 0.868. The fraction of sp³-hybridized carbons (Fsp3) is 0.0769. The number of pyridine rings is 1. The molecule has 0 saturated heterocycles. The summed E-state index contributed by atoms with van der Waals surface area (Å²) in [6, 6.07) is 10.2. The molecule has 0 aliphatic heterocycles. The predicted octanol–water partition coefficient (Wildman–Crippen LogP) is 2.67. The summed E-state index contributed by atoms with van der Waals surface area (Å²) in [5.41, 5.74) is 4.32. The van der Waals surface area contributed by atoms with Gasteiger partial charge in [0, 0.05) is 13.2 Å². The smallest absolute Gasteiger partial charge is 0.126 e. The average molecular weight is 224 g/mol. The second-order valence-corrected chi connectivity index (χ2v) is 3.81. The van der Waals surface area contributed by atoms with Gasteiger partial charge in [-0.15, -0.1) is 0 Å². The Labute approximate surface area is 98.7 Å². The van der Waals surface area contributed by atoms with Crippen LogP contribution in [-0.4, -0.2) is 22.0 Å². The minimum atomic E-state index is 0.868. The van der Waals surface area contributed by atoms with Gasteiger partial charge < -0.3 is 10.3 Å². The zero-order valence-electron chi connectivity index (χ0n) is 9.44. The van der Waals surface area contributed by atoms with E-state index in [-0.39, 0.29) is 0 Å². The molecule has 0 saturated carbocycles. The van der Waals surface area contributed by atoms with Gasteiger partial charge in [-0.3, -0.25) is 0 Å². The van der Waals surface area contributed by atoms with E-state index in [4.69, 9.17) is 0 Å². The highest BCUT2D eigenvalue weighted by Crippen LogP contribution is 2.23. The van der Waals surface area contributed by atoms with Crippen molar-refractivity contribution in [2.24, 2.45) is 0 Å². The number of imidazole rings is 1. The Hall–Kier alpha value is -2.36. The third-order valence-corrected chi connectivity index (χ3v) is 2.77. The Morgan fingerprint density at radius 3 is 2.82 bits per heavy atom. The molecule has 84 valence electrons. The van der Waals surface area contributed by atoms with Crippen LogP contribution in [0.25, 0.3) is 22.2 Å². The lowest BCUT2D eigenvalue weighted by Gasteiger charge is -2.04. The molecule has 2 aromatic heterocycles. The molecule has 0 unspecified atom stereocenters. The first-order valence-electron chi connectivity index (χ1n) is 5.44. The van der Waals surface area contributed by atoms with Crippen LogP contribution in [-0.2, 0) is 0 Å². The van der Waals surface area contributed by atoms with Crippen LogP contribution in [0.5, 0.6) is 0 Å². The molecule has 0 radical (unpaired) electrons. The highest BCUT2D eigenvalue weighted by Gasteiger charge is 2.02. The summed E-state index contributed by atoms with van der Waals surface area (Å²) in [5, 5.41) is 3.04. The number of aromatic amines is 1. The van der Waals surface area contributed by atoms with Gasteiger partial charge in [-0.2, -0.15) is 0 Å². The van der Waals surface area contributed by atoms with Gasteiger partial charge in [-0.25, -0.2) is 9.97 Å². The van der Waals surface area contributed by atoms with E-state index in [2.05, 4.69) is 32.4 Å². The fourth-order valence-electron chi connectivity index (χ4n) is 1.86. The Kier molecular flexibility index (Phi) is 2.26. The van der Waals surface area contributed by atoms with Crippen molar-refractivity contribution in [1.29, 1.82) is 0 Å². The van der Waals surface area contributed by atoms with Gasteiger partial charge in [0.15, 0.2) is 0 Å². The SMILES string of the molecule is CNc1cc(-c2ccc3nc[nH]c3c2)ccn1. The number of nitrogens with zero attached hydrogens (tertiary/aromatic N) is 2. The first-order valence-corrected chi connectivity index (χ1v) is 5.44. The lowest BCUT2D eigenvalue weighted by Crippen LogP contribution is -1.91. The van der Waals surface area contributed by atoms with E-state index in [1.165, 1.54) is 0 Å². The minimum Gasteiger partial charge on any atom is -0.373 e. The molecule has 4 heteroatoms. The third-order valence-electron chi connectivity index (χ3n) is 2.77. The topological polar surface area (TPSA) is 53.6 Å². The van der Waals surface area contributed by atoms with Gasteiger partial charge in [-0.05, 0) is 35.4 Å². The molecule has 1 aromatic carbocycles. The maximum Gasteiger partial charge on any atom is 0.126 e. The van der Waals surface area contributed by atoms with Crippen molar-refractivity contribution < 1.29 is 0 Å². The molecule has 4 nitrogen and oxygen atoms in total. The molecular weight excluding hydrogens is 212 g/mol. The molecule has 3 aromatic rings. The predicted molar refractivity (Wildman–Crippen MR) is 68.9 cm³/mol. The van der Waals surface area contributed by atoms with Crippen LogP contribution in [0.2, 0.25) is 0 Å². The number of rotatable bonds is 2. The van der Waals surface area contributed by atoms with E-state index in [1.54, 1.807) is 12.5 Å². The summed E-state index contributed by atoms with van der Waals surface area (Å²) in [4.78, 5) is 11.5. The molecule has 0 aliphatic rings. The first-order chi connectivity index (χ1) is 8.36. The fourth-order valence-corrected chi connectivity index (χ4v) is 1.86. The van der Waals surface area contributed by atoms with Crippen molar-refractivity contribution in [3.05, 3.63) is 42.9 Å². The number of H-pyrrole nitrogens is 1. The van der Waals surface area contributed by atoms with E-state index >= 15 is 0 Å². The van der Waals surface area contributed by atoms with Crippen LogP contribution < -0.4 is 5.32 Å². The van der Waals surface area contributed by atoms with Crippen LogP contribution in [0.1, 0.15) is 0 Å². The van der Waals surface area contributed by atoms with Gasteiger partial charge in [-0.1, -0.05) is 6.07 Å². The summed E-state index contributed by atoms with van der Waals surface area (Å²) in [6.45, 7) is 0. The number of aromatic nitrogens is 3. The molecule has 0 aliphatic carbocycles. The first kappa shape index (κ1) is 9.84. The van der Waals surface area contributed by atoms with Crippen LogP contribution in [0.4, 0.5) is 5.82 Å². The zero-order chi connectivity index (χ0) is 11.7. The Morgan fingerprint density at radius 2 is 1.94 bits per heavy atom. The lowest BCUT2D eigenvalue weighted by molar-refractivity contribution is 1.29. The highest BCUT2D eigenvalue weighted by molar-refractivity contribution is 5.81. The van der Waals surface area contributed by atoms with Crippen LogP contribution >= 0.6 is 0 Å². The van der Waals surface area contributed by atoms with Gasteiger partial charge >= 0.3 is 0 Å². The van der Waals surface area contributed by atoms with E-state index in [0.717, 1.165) is 28.0 Å². The monoisotopic (exact) mass is 224 g/mol. The van der Waals surface area contributed by atoms with E-state index < -0.39 is 0 Å². The Bertz CT molecular complexity index is 657. The maximum absolute atomic E-state index is 4.21. The Balaban J connectivity index is 2.12. The van der Waals surface area contributed by atoms with Gasteiger partial charge in [0.05, 0.1) is 17.4 Å². The van der Waals surface area contributed by atoms with Crippen molar-refractivity contribution in [1.82, 2.24) is 15.0 Å². The minimum absolute atomic E-state index is 0.868. The van der Waals surface area contributed by atoms with Gasteiger partial charge in [0.1, 0.15) is 5.82 Å². The van der Waals surface area contributed by atoms with Crippen molar-refractivity contribution in [3.8, 4) is 11.1 Å². The zero-order valence-corrected chi connectivity index (χ0v) is 9.44. The molecule has 0 spiro atoms. The van der Waals surface area contributed by atoms with Crippen molar-refractivity contribution in [2.75, 3.05) is 12.4 Å². The molecule has 0 fully saturated rings. The summed E-state index contributed by atoms with van der Waals surface area (Å²) in [6.07, 6.45) is 3.51. The molecular formula is C13H12N4. The molecule has 17 heavy (non-hydrogen) atoms. The summed E-state index contributed by atoms with van der Waals surface area (Å²) in [7, 11) is 1.87. The number of hydrogen-bond acceptors (Lipinski definition) is 3. The van der Waals surface area contributed by atoms with Crippen LogP contribution in [0, 0.1) is 0 Å². The molecule has 2 heterocycles. The van der Waals surface area contributed by atoms with Crippen molar-refractivity contribution in [2.45, 2.75) is 0 Å². The molecule has 0 atom stereocenters. The maximum atomic E-state index is 4.21. The normalized spacial score (nSPS) is 10.6. The summed E-state index contributed by atoms with van der Waals surface area (Å²) >= 11 is 0. The molecule has 3 rings (SSSR count). The molecule has 0 bridgehead atoms. The molecule has 2 N–H and O–H groups in total. The number of fused-ring (bicyclic) bond motifs is 1. The summed E-state index contributed by atoms with van der Waals surface area (Å²) < 4.78 is 0. The third kappa shape index (κ3) is 1.73. The van der Waals surface area contributed by atoms with E-state index in [1.807, 2.05) is 25.2 Å². The second kappa shape index (κ2) is 3.90. The largest absolute Gasteiger partial charge is 0.373 e. The second-order valence-electron chi connectivity index (χ2n) is 3.81. The van der Waals surface area contributed by atoms with Gasteiger partial charge in [0.25, 0.3) is 0 Å². The van der Waals surface area contributed by atoms with Crippen molar-refractivity contribution in [3.63, 3.8) is 0 Å². The standard InChI is InChI=1S/C13H12N4/c1-14-13-7-10(4-5-15-13)9-2-3-11-12(6-9)17-8-16-11/h2-8H,1H3,(H,14,15)(H,16,17). The quantitative estimate of drug-likeness (QED) is 0.703. The molecule has 0 amide bonds. The highest BCUT2D eigenvalue weighted by atomic mass is 14.9. The number of nitrogens with one attached hydrogen (secondary N) is 2. The van der Waals surface area contributed by atoms with Crippen LogP contribution in [0.15, 0.2) is 42.9 Å². The number of benzene rings is 1. The number of anilines is 1. The van der Waals surface area contributed by atoms with Gasteiger partial charge in [0.2, 0.25) is 0 Å². The number of hydrogen-bond donors (Lipinski definition) is 2. The van der Waals surface area contributed by atoms with Crippen molar-refractivity contribution >= 4 is 16.9 Å². The Morgan fingerprint density at radius 1 is 1.06 bits per heavy atom. The lowest BCUT2D eigenvalue weighted by atomic mass is 10.1. The average Bonchev–Trinajstić information content (AvgIpc) is 2.86. The van der Waals surface area contributed by atoms with Crippen LogP contribution in [0.3, 0.4) is 0 Å².